The highest BCUT2D eigenvalue weighted by Crippen LogP contribution is 2.13. The van der Waals surface area contributed by atoms with Crippen molar-refractivity contribution in [3.05, 3.63) is 35.9 Å². The molecule has 1 aliphatic heterocycles. The van der Waals surface area contributed by atoms with Gasteiger partial charge < -0.3 is 9.84 Å². The van der Waals surface area contributed by atoms with Crippen LogP contribution in [0.5, 0.6) is 0 Å². The summed E-state index contributed by atoms with van der Waals surface area (Å²) < 4.78 is 5.37. The summed E-state index contributed by atoms with van der Waals surface area (Å²) in [5.41, 5.74) is 0.714. The molecular formula is C23H38N2O3. The lowest BCUT2D eigenvalue weighted by molar-refractivity contribution is 0.0253. The molecule has 5 heteroatoms. The Labute approximate surface area is 170 Å². The van der Waals surface area contributed by atoms with E-state index < -0.39 is 6.23 Å². The van der Waals surface area contributed by atoms with Crippen LogP contribution in [0, 0.1) is 0 Å². The Morgan fingerprint density at radius 2 is 1.75 bits per heavy atom. The number of morpholine rings is 1. The second-order valence-electron chi connectivity index (χ2n) is 7.76. The normalized spacial score (nSPS) is 17.4. The van der Waals surface area contributed by atoms with Crippen molar-refractivity contribution in [3.63, 3.8) is 0 Å². The van der Waals surface area contributed by atoms with Gasteiger partial charge in [0.1, 0.15) is 6.23 Å². The fraction of sp³-hybridized carbons (Fsp3) is 0.696. The minimum absolute atomic E-state index is 0.0829. The molecule has 0 aromatic heterocycles. The smallest absolute Gasteiger partial charge is 0.179 e. The van der Waals surface area contributed by atoms with Crippen molar-refractivity contribution in [1.82, 2.24) is 10.2 Å². The van der Waals surface area contributed by atoms with E-state index in [0.717, 1.165) is 52.1 Å². The number of carbonyl (C=O) groups excluding carboxylic acids is 1. The summed E-state index contributed by atoms with van der Waals surface area (Å²) >= 11 is 0. The summed E-state index contributed by atoms with van der Waals surface area (Å²) in [6.07, 6.45) is 7.89. The van der Waals surface area contributed by atoms with Crippen molar-refractivity contribution >= 4 is 5.78 Å². The van der Waals surface area contributed by atoms with Gasteiger partial charge in [-0.1, -0.05) is 75.8 Å². The summed E-state index contributed by atoms with van der Waals surface area (Å²) in [6, 6.07) is 9.10. The van der Waals surface area contributed by atoms with Crippen molar-refractivity contribution in [1.29, 1.82) is 0 Å². The van der Waals surface area contributed by atoms with Crippen LogP contribution in [0.4, 0.5) is 0 Å². The quantitative estimate of drug-likeness (QED) is 0.289. The Kier molecular flexibility index (Phi) is 11.4. The molecule has 0 aliphatic carbocycles. The molecule has 0 bridgehead atoms. The summed E-state index contributed by atoms with van der Waals surface area (Å²) in [5.74, 6) is 0.0829. The molecular weight excluding hydrogens is 352 g/mol. The Morgan fingerprint density at radius 3 is 2.46 bits per heavy atom. The lowest BCUT2D eigenvalue weighted by Crippen LogP contribution is -2.45. The van der Waals surface area contributed by atoms with Gasteiger partial charge in [-0.2, -0.15) is 0 Å². The van der Waals surface area contributed by atoms with Gasteiger partial charge in [0.25, 0.3) is 0 Å². The highest BCUT2D eigenvalue weighted by Gasteiger charge is 2.22. The largest absolute Gasteiger partial charge is 0.379 e. The molecule has 5 nitrogen and oxygen atoms in total. The number of rotatable bonds is 14. The Morgan fingerprint density at radius 1 is 1.07 bits per heavy atom. The van der Waals surface area contributed by atoms with Crippen LogP contribution in [0.2, 0.25) is 0 Å². The Bertz CT molecular complexity index is 532. The summed E-state index contributed by atoms with van der Waals surface area (Å²) in [7, 11) is 0. The molecule has 28 heavy (non-hydrogen) atoms. The monoisotopic (exact) mass is 390 g/mol. The van der Waals surface area contributed by atoms with Gasteiger partial charge in [0.2, 0.25) is 0 Å². The molecule has 1 heterocycles. The van der Waals surface area contributed by atoms with Gasteiger partial charge >= 0.3 is 0 Å². The number of ketones is 1. The maximum absolute atomic E-state index is 13.0. The minimum atomic E-state index is -0.666. The highest BCUT2D eigenvalue weighted by molar-refractivity contribution is 6.00. The van der Waals surface area contributed by atoms with Crippen molar-refractivity contribution in [2.75, 3.05) is 32.8 Å². The zero-order valence-electron chi connectivity index (χ0n) is 17.4. The zero-order chi connectivity index (χ0) is 20.0. The number of carbonyl (C=O) groups is 1. The van der Waals surface area contributed by atoms with E-state index in [4.69, 9.17) is 4.74 Å². The van der Waals surface area contributed by atoms with E-state index in [2.05, 4.69) is 17.1 Å². The third-order valence-electron chi connectivity index (χ3n) is 5.44. The molecule has 1 saturated heterocycles. The number of hydrogen-bond acceptors (Lipinski definition) is 5. The first kappa shape index (κ1) is 23.0. The summed E-state index contributed by atoms with van der Waals surface area (Å²) in [4.78, 5) is 15.3. The van der Waals surface area contributed by atoms with Crippen LogP contribution in [0.15, 0.2) is 30.3 Å². The minimum Gasteiger partial charge on any atom is -0.379 e. The first-order valence-corrected chi connectivity index (χ1v) is 11.0. The van der Waals surface area contributed by atoms with E-state index >= 15 is 0 Å². The summed E-state index contributed by atoms with van der Waals surface area (Å²) in [5, 5.41) is 13.7. The molecule has 0 saturated carbocycles. The van der Waals surface area contributed by atoms with Crippen LogP contribution >= 0.6 is 0 Å². The average molecular weight is 391 g/mol. The van der Waals surface area contributed by atoms with Crippen LogP contribution < -0.4 is 5.32 Å². The number of aliphatic hydroxyl groups is 1. The van der Waals surface area contributed by atoms with Crippen LogP contribution in [-0.4, -0.2) is 60.9 Å². The second kappa shape index (κ2) is 13.8. The fourth-order valence-corrected chi connectivity index (χ4v) is 3.67. The fourth-order valence-electron chi connectivity index (χ4n) is 3.67. The maximum atomic E-state index is 13.0. The molecule has 2 atom stereocenters. The molecule has 2 unspecified atom stereocenters. The molecule has 1 aromatic carbocycles. The first-order chi connectivity index (χ1) is 13.7. The van der Waals surface area contributed by atoms with Gasteiger partial charge in [0, 0.05) is 25.2 Å². The molecule has 1 aromatic rings. The number of benzene rings is 1. The molecule has 0 radical (unpaired) electrons. The Balaban J connectivity index is 1.82. The molecule has 1 aliphatic rings. The zero-order valence-corrected chi connectivity index (χ0v) is 17.4. The molecule has 2 rings (SSSR count). The van der Waals surface area contributed by atoms with E-state index in [1.54, 1.807) is 0 Å². The van der Waals surface area contributed by atoms with Gasteiger partial charge in [0.05, 0.1) is 19.3 Å². The molecule has 158 valence electrons. The predicted octanol–water partition coefficient (Wildman–Crippen LogP) is 3.62. The lowest BCUT2D eigenvalue weighted by atomic mass is 9.98. The van der Waals surface area contributed by atoms with Crippen LogP contribution in [0.1, 0.15) is 68.6 Å². The standard InChI is InChI=1S/C23H38N2O3/c1-2-3-4-5-6-10-13-21(23(27)20-11-8-7-9-12-20)24-22(26)14-15-25-16-18-28-19-17-25/h7-9,11-12,21-22,24,26H,2-6,10,13-19H2,1H3. The van der Waals surface area contributed by atoms with Crippen molar-refractivity contribution in [2.45, 2.75) is 70.6 Å². The SMILES string of the molecule is CCCCCCCCC(NC(O)CCN1CCOCC1)C(=O)c1ccccc1. The van der Waals surface area contributed by atoms with Gasteiger partial charge in [0.15, 0.2) is 5.78 Å². The van der Waals surface area contributed by atoms with Gasteiger partial charge in [-0.15, -0.1) is 0 Å². The van der Waals surface area contributed by atoms with E-state index in [1.807, 2.05) is 30.3 Å². The number of aliphatic hydroxyl groups excluding tert-OH is 1. The summed E-state index contributed by atoms with van der Waals surface area (Å²) in [6.45, 7) is 6.39. The predicted molar refractivity (Wildman–Crippen MR) is 114 cm³/mol. The highest BCUT2D eigenvalue weighted by atomic mass is 16.5. The van der Waals surface area contributed by atoms with Crippen molar-refractivity contribution in [3.8, 4) is 0 Å². The van der Waals surface area contributed by atoms with E-state index in [1.165, 1.54) is 25.7 Å². The van der Waals surface area contributed by atoms with Gasteiger partial charge in [-0.3, -0.25) is 15.0 Å². The topological polar surface area (TPSA) is 61.8 Å². The number of Topliss-reactive ketones (excluding diaryl/α,β-unsaturated/α-hetero) is 1. The third-order valence-corrected chi connectivity index (χ3v) is 5.44. The van der Waals surface area contributed by atoms with Crippen LogP contribution in [-0.2, 0) is 4.74 Å². The van der Waals surface area contributed by atoms with E-state index in [0.29, 0.717) is 12.0 Å². The maximum Gasteiger partial charge on any atom is 0.179 e. The first-order valence-electron chi connectivity index (χ1n) is 11.0. The van der Waals surface area contributed by atoms with Crippen LogP contribution in [0.3, 0.4) is 0 Å². The molecule has 2 N–H and O–H groups in total. The average Bonchev–Trinajstić information content (AvgIpc) is 2.74. The number of nitrogens with one attached hydrogen (secondary N) is 1. The number of nitrogens with zero attached hydrogens (tertiary/aromatic N) is 1. The van der Waals surface area contributed by atoms with E-state index in [-0.39, 0.29) is 11.8 Å². The van der Waals surface area contributed by atoms with Crippen molar-refractivity contribution < 1.29 is 14.6 Å². The number of ether oxygens (including phenoxy) is 1. The van der Waals surface area contributed by atoms with Crippen LogP contribution in [0.25, 0.3) is 0 Å². The number of unbranched alkanes of at least 4 members (excludes halogenated alkanes) is 5. The van der Waals surface area contributed by atoms with Crippen molar-refractivity contribution in [2.24, 2.45) is 0 Å². The van der Waals surface area contributed by atoms with E-state index in [9.17, 15) is 9.90 Å². The number of hydrogen-bond donors (Lipinski definition) is 2. The van der Waals surface area contributed by atoms with Gasteiger partial charge in [-0.25, -0.2) is 0 Å². The third kappa shape index (κ3) is 8.82. The molecule has 0 spiro atoms. The molecule has 0 amide bonds. The Hall–Kier alpha value is -1.27. The second-order valence-corrected chi connectivity index (χ2v) is 7.76. The van der Waals surface area contributed by atoms with Gasteiger partial charge in [-0.05, 0) is 12.8 Å². The molecule has 1 fully saturated rings. The lowest BCUT2D eigenvalue weighted by Gasteiger charge is -2.28.